The highest BCUT2D eigenvalue weighted by Crippen LogP contribution is 2.40. The Labute approximate surface area is 393 Å². The van der Waals surface area contributed by atoms with Gasteiger partial charge in [-0.1, -0.05) is 194 Å². The normalized spacial score (nSPS) is 11.5. The van der Waals surface area contributed by atoms with Gasteiger partial charge in [0.2, 0.25) is 0 Å². The van der Waals surface area contributed by atoms with Gasteiger partial charge in [0.25, 0.3) is 0 Å². The Kier molecular flexibility index (Phi) is 9.43. The summed E-state index contributed by atoms with van der Waals surface area (Å²) in [5.74, 6) is 1.83. The van der Waals surface area contributed by atoms with Crippen molar-refractivity contribution in [3.8, 4) is 78.9 Å². The summed E-state index contributed by atoms with van der Waals surface area (Å²) in [5, 5.41) is 4.88. The Morgan fingerprint density at radius 2 is 0.618 bits per heavy atom. The summed E-state index contributed by atoms with van der Waals surface area (Å²) < 4.78 is 4.76. The molecular formula is C63H41N5. The van der Waals surface area contributed by atoms with Crippen LogP contribution in [0.15, 0.2) is 249 Å². The van der Waals surface area contributed by atoms with E-state index < -0.39 is 0 Å². The van der Waals surface area contributed by atoms with Gasteiger partial charge in [-0.3, -0.25) is 0 Å². The average molecular weight is 868 g/mol. The zero-order valence-electron chi connectivity index (χ0n) is 36.9. The molecule has 0 radical (unpaired) electrons. The molecule has 3 aromatic heterocycles. The first-order chi connectivity index (χ1) is 33.7. The number of nitrogens with zero attached hydrogens (tertiary/aromatic N) is 5. The lowest BCUT2D eigenvalue weighted by Crippen LogP contribution is -2.01. The summed E-state index contributed by atoms with van der Waals surface area (Å²) in [5.41, 5.74) is 16.3. The van der Waals surface area contributed by atoms with E-state index in [-0.39, 0.29) is 0 Å². The molecule has 13 rings (SSSR count). The lowest BCUT2D eigenvalue weighted by atomic mass is 9.94. The van der Waals surface area contributed by atoms with Crippen molar-refractivity contribution in [1.82, 2.24) is 24.1 Å². The van der Waals surface area contributed by atoms with Crippen LogP contribution in [-0.4, -0.2) is 24.1 Å². The van der Waals surface area contributed by atoms with Crippen LogP contribution >= 0.6 is 0 Å². The second-order valence-corrected chi connectivity index (χ2v) is 17.2. The predicted octanol–water partition coefficient (Wildman–Crippen LogP) is 16.1. The minimum Gasteiger partial charge on any atom is -0.309 e. The standard InChI is InChI=1S/C63H41N5/c1-3-18-42(19-4-1)44-22-15-24-47(38-44)51-37-36-46(41-60(51)68-58-34-13-9-30-54(58)55-31-10-14-35-59(55)68)45-23-16-25-48(39-45)62-64-61(43-20-5-2-6-21-43)65-63(66-62)49-26-17-27-50(40-49)67-56-32-11-7-28-52(56)53-29-8-12-33-57(53)67/h1-41H. The van der Waals surface area contributed by atoms with Gasteiger partial charge in [0.15, 0.2) is 17.5 Å². The molecule has 0 spiro atoms. The second kappa shape index (κ2) is 16.4. The van der Waals surface area contributed by atoms with Gasteiger partial charge in [-0.25, -0.2) is 15.0 Å². The van der Waals surface area contributed by atoms with E-state index in [1.807, 2.05) is 18.2 Å². The zero-order chi connectivity index (χ0) is 45.0. The quantitative estimate of drug-likeness (QED) is 0.153. The molecule has 0 amide bonds. The van der Waals surface area contributed by atoms with Crippen molar-refractivity contribution in [2.24, 2.45) is 0 Å². The van der Waals surface area contributed by atoms with Crippen LogP contribution < -0.4 is 0 Å². The van der Waals surface area contributed by atoms with Crippen LogP contribution in [0.4, 0.5) is 0 Å². The maximum absolute atomic E-state index is 5.26. The summed E-state index contributed by atoms with van der Waals surface area (Å²) in [6, 6.07) is 88.3. The topological polar surface area (TPSA) is 48.5 Å². The Balaban J connectivity index is 0.964. The van der Waals surface area contributed by atoms with E-state index in [2.05, 4.69) is 240 Å². The smallest absolute Gasteiger partial charge is 0.164 e. The summed E-state index contributed by atoms with van der Waals surface area (Å²) in [4.78, 5) is 15.6. The van der Waals surface area contributed by atoms with Gasteiger partial charge in [-0.15, -0.1) is 0 Å². The van der Waals surface area contributed by atoms with Crippen LogP contribution in [0.5, 0.6) is 0 Å². The Morgan fingerprint density at radius 3 is 1.19 bits per heavy atom. The molecule has 0 bridgehead atoms. The highest BCUT2D eigenvalue weighted by Gasteiger charge is 2.19. The van der Waals surface area contributed by atoms with Gasteiger partial charge in [0, 0.05) is 49.5 Å². The van der Waals surface area contributed by atoms with E-state index in [1.54, 1.807) is 0 Å². The Morgan fingerprint density at radius 1 is 0.235 bits per heavy atom. The fourth-order valence-electron chi connectivity index (χ4n) is 9.99. The monoisotopic (exact) mass is 867 g/mol. The van der Waals surface area contributed by atoms with E-state index >= 15 is 0 Å². The van der Waals surface area contributed by atoms with E-state index in [0.717, 1.165) is 72.4 Å². The Hall–Kier alpha value is -9.19. The highest BCUT2D eigenvalue weighted by molar-refractivity contribution is 6.10. The number of hydrogen-bond acceptors (Lipinski definition) is 3. The van der Waals surface area contributed by atoms with Gasteiger partial charge in [-0.05, 0) is 82.4 Å². The number of para-hydroxylation sites is 4. The van der Waals surface area contributed by atoms with Gasteiger partial charge in [0.05, 0.1) is 27.8 Å². The summed E-state index contributed by atoms with van der Waals surface area (Å²) in [7, 11) is 0. The van der Waals surface area contributed by atoms with Crippen LogP contribution in [0.2, 0.25) is 0 Å². The number of fused-ring (bicyclic) bond motifs is 6. The largest absolute Gasteiger partial charge is 0.309 e. The van der Waals surface area contributed by atoms with Crippen LogP contribution in [0.25, 0.3) is 123 Å². The molecule has 3 heterocycles. The van der Waals surface area contributed by atoms with Crippen LogP contribution in [0, 0.1) is 0 Å². The molecule has 0 aliphatic rings. The average Bonchev–Trinajstić information content (AvgIpc) is 3.94. The lowest BCUT2D eigenvalue weighted by molar-refractivity contribution is 1.07. The summed E-state index contributed by atoms with van der Waals surface area (Å²) in [6.07, 6.45) is 0. The van der Waals surface area contributed by atoms with Crippen molar-refractivity contribution in [2.75, 3.05) is 0 Å². The molecule has 5 nitrogen and oxygen atoms in total. The summed E-state index contributed by atoms with van der Waals surface area (Å²) >= 11 is 0. The molecule has 68 heavy (non-hydrogen) atoms. The van der Waals surface area contributed by atoms with Crippen molar-refractivity contribution in [3.05, 3.63) is 249 Å². The molecule has 0 saturated heterocycles. The van der Waals surface area contributed by atoms with Gasteiger partial charge >= 0.3 is 0 Å². The zero-order valence-corrected chi connectivity index (χ0v) is 36.9. The number of benzene rings is 10. The van der Waals surface area contributed by atoms with Gasteiger partial charge in [-0.2, -0.15) is 0 Å². The van der Waals surface area contributed by atoms with E-state index in [9.17, 15) is 0 Å². The van der Waals surface area contributed by atoms with Crippen LogP contribution in [0.3, 0.4) is 0 Å². The minimum absolute atomic E-state index is 0.606. The predicted molar refractivity (Wildman–Crippen MR) is 281 cm³/mol. The van der Waals surface area contributed by atoms with Crippen molar-refractivity contribution >= 4 is 43.6 Å². The SMILES string of the molecule is c1ccc(-c2cccc(-c3ccc(-c4cccc(-c5nc(-c6ccccc6)nc(-c6cccc(-n7c8ccccc8c8ccccc87)c6)n5)c4)cc3-n3c4ccccc4c4ccccc43)c2)cc1. The maximum atomic E-state index is 5.26. The van der Waals surface area contributed by atoms with Gasteiger partial charge < -0.3 is 9.13 Å². The number of rotatable bonds is 8. The number of aromatic nitrogens is 5. The van der Waals surface area contributed by atoms with Crippen LogP contribution in [-0.2, 0) is 0 Å². The molecule has 5 heteroatoms. The molecule has 0 aliphatic carbocycles. The molecule has 10 aromatic carbocycles. The molecule has 0 N–H and O–H groups in total. The van der Waals surface area contributed by atoms with E-state index in [0.29, 0.717) is 17.5 Å². The first kappa shape index (κ1) is 39.2. The first-order valence-corrected chi connectivity index (χ1v) is 23.0. The molecule has 0 saturated carbocycles. The number of hydrogen-bond donors (Lipinski definition) is 0. The molecule has 0 fully saturated rings. The Bertz CT molecular complexity index is 3930. The molecule has 13 aromatic rings. The van der Waals surface area contributed by atoms with Crippen molar-refractivity contribution in [1.29, 1.82) is 0 Å². The summed E-state index contributed by atoms with van der Waals surface area (Å²) in [6.45, 7) is 0. The van der Waals surface area contributed by atoms with E-state index in [4.69, 9.17) is 15.0 Å². The fourth-order valence-corrected chi connectivity index (χ4v) is 9.99. The lowest BCUT2D eigenvalue weighted by Gasteiger charge is -2.17. The molecular weight excluding hydrogens is 827 g/mol. The highest BCUT2D eigenvalue weighted by atomic mass is 15.0. The molecule has 0 aliphatic heterocycles. The van der Waals surface area contributed by atoms with Crippen molar-refractivity contribution in [3.63, 3.8) is 0 Å². The third-order valence-corrected chi connectivity index (χ3v) is 13.2. The van der Waals surface area contributed by atoms with Crippen molar-refractivity contribution in [2.45, 2.75) is 0 Å². The molecule has 318 valence electrons. The molecule has 0 unspecified atom stereocenters. The van der Waals surface area contributed by atoms with Gasteiger partial charge in [0.1, 0.15) is 0 Å². The first-order valence-electron chi connectivity index (χ1n) is 23.0. The van der Waals surface area contributed by atoms with E-state index in [1.165, 1.54) is 32.7 Å². The van der Waals surface area contributed by atoms with Crippen LogP contribution in [0.1, 0.15) is 0 Å². The third kappa shape index (κ3) is 6.76. The third-order valence-electron chi connectivity index (χ3n) is 13.2. The van der Waals surface area contributed by atoms with Crippen molar-refractivity contribution < 1.29 is 0 Å². The molecule has 0 atom stereocenters. The fraction of sp³-hybridized carbons (Fsp3) is 0. The maximum Gasteiger partial charge on any atom is 0.164 e. The second-order valence-electron chi connectivity index (χ2n) is 17.2. The minimum atomic E-state index is 0.606.